The van der Waals surface area contributed by atoms with Gasteiger partial charge in [0.25, 0.3) is 0 Å². The monoisotopic (exact) mass is 263 g/mol. The first-order valence-corrected chi connectivity index (χ1v) is 7.61. The summed E-state index contributed by atoms with van der Waals surface area (Å²) in [7, 11) is 0. The minimum absolute atomic E-state index is 0.644. The number of aromatic nitrogens is 1. The van der Waals surface area contributed by atoms with Crippen molar-refractivity contribution < 1.29 is 4.52 Å². The molecule has 0 N–H and O–H groups in total. The van der Waals surface area contributed by atoms with Crippen molar-refractivity contribution in [1.29, 1.82) is 0 Å². The Morgan fingerprint density at radius 2 is 2.26 bits per heavy atom. The van der Waals surface area contributed by atoms with E-state index >= 15 is 0 Å². The first-order valence-electron chi connectivity index (χ1n) is 7.61. The summed E-state index contributed by atoms with van der Waals surface area (Å²) >= 11 is 0. The van der Waals surface area contributed by atoms with Crippen LogP contribution in [0.4, 0.5) is 0 Å². The van der Waals surface area contributed by atoms with Gasteiger partial charge >= 0.3 is 0 Å². The molecule has 0 saturated carbocycles. The molecule has 19 heavy (non-hydrogen) atoms. The Morgan fingerprint density at radius 3 is 3.00 bits per heavy atom. The molecule has 2 saturated heterocycles. The normalized spacial score (nSPS) is 29.6. The van der Waals surface area contributed by atoms with Crippen molar-refractivity contribution in [2.75, 3.05) is 19.6 Å². The Morgan fingerprint density at radius 1 is 1.37 bits per heavy atom. The molecule has 1 aromatic heterocycles. The molecule has 0 spiro atoms. The lowest BCUT2D eigenvalue weighted by Gasteiger charge is -2.49. The van der Waals surface area contributed by atoms with Crippen LogP contribution in [0.25, 0.3) is 0 Å². The predicted molar refractivity (Wildman–Crippen MR) is 74.8 cm³/mol. The summed E-state index contributed by atoms with van der Waals surface area (Å²) in [5, 5.41) is 4.08. The van der Waals surface area contributed by atoms with Gasteiger partial charge in [0, 0.05) is 37.8 Å². The average molecular weight is 263 g/mol. The number of fused-ring (bicyclic) bond motifs is 1. The number of piperazine rings is 1. The molecule has 0 amide bonds. The van der Waals surface area contributed by atoms with E-state index in [1.54, 1.807) is 6.26 Å². The van der Waals surface area contributed by atoms with Crippen LogP contribution >= 0.6 is 0 Å². The van der Waals surface area contributed by atoms with Crippen LogP contribution in [0.3, 0.4) is 0 Å². The van der Waals surface area contributed by atoms with Crippen molar-refractivity contribution in [2.24, 2.45) is 5.92 Å². The van der Waals surface area contributed by atoms with Gasteiger partial charge in [-0.2, -0.15) is 0 Å². The van der Waals surface area contributed by atoms with Gasteiger partial charge in [0.15, 0.2) is 0 Å². The van der Waals surface area contributed by atoms with Crippen LogP contribution in [0.5, 0.6) is 0 Å². The van der Waals surface area contributed by atoms with Crippen LogP contribution in [-0.4, -0.2) is 46.7 Å². The van der Waals surface area contributed by atoms with E-state index in [0.29, 0.717) is 12.0 Å². The number of nitrogens with zero attached hydrogens (tertiary/aromatic N) is 3. The van der Waals surface area contributed by atoms with Crippen molar-refractivity contribution in [3.63, 3.8) is 0 Å². The Kier molecular flexibility index (Phi) is 3.89. The Labute approximate surface area is 115 Å². The van der Waals surface area contributed by atoms with Gasteiger partial charge in [0.1, 0.15) is 6.26 Å². The molecule has 2 aliphatic heterocycles. The first-order chi connectivity index (χ1) is 9.24. The first kappa shape index (κ1) is 13.1. The molecule has 2 aliphatic rings. The van der Waals surface area contributed by atoms with E-state index in [-0.39, 0.29) is 0 Å². The maximum atomic E-state index is 4.97. The topological polar surface area (TPSA) is 32.5 Å². The zero-order valence-corrected chi connectivity index (χ0v) is 12.1. The van der Waals surface area contributed by atoms with Crippen LogP contribution in [-0.2, 0) is 6.54 Å². The molecule has 106 valence electrons. The Bertz CT molecular complexity index is 390. The van der Waals surface area contributed by atoms with Gasteiger partial charge in [0.05, 0.1) is 5.69 Å². The Hall–Kier alpha value is -0.870. The molecule has 0 bridgehead atoms. The molecule has 4 nitrogen and oxygen atoms in total. The summed E-state index contributed by atoms with van der Waals surface area (Å²) in [4.78, 5) is 5.34. The minimum Gasteiger partial charge on any atom is -0.364 e. The second-order valence-electron chi connectivity index (χ2n) is 6.38. The van der Waals surface area contributed by atoms with E-state index in [9.17, 15) is 0 Å². The lowest BCUT2D eigenvalue weighted by Crippen LogP contribution is -2.60. The molecule has 0 aromatic carbocycles. The predicted octanol–water partition coefficient (Wildman–Crippen LogP) is 2.37. The molecule has 3 heterocycles. The number of hydrogen-bond donors (Lipinski definition) is 0. The van der Waals surface area contributed by atoms with Crippen LogP contribution in [0, 0.1) is 5.92 Å². The van der Waals surface area contributed by atoms with Crippen molar-refractivity contribution in [3.05, 3.63) is 18.0 Å². The van der Waals surface area contributed by atoms with E-state index in [4.69, 9.17) is 4.52 Å². The quantitative estimate of drug-likeness (QED) is 0.838. The number of piperidine rings is 1. The fourth-order valence-corrected chi connectivity index (χ4v) is 3.61. The Balaban J connectivity index is 1.72. The van der Waals surface area contributed by atoms with Gasteiger partial charge in [-0.1, -0.05) is 25.4 Å². The molecule has 4 heteroatoms. The van der Waals surface area contributed by atoms with Gasteiger partial charge < -0.3 is 4.52 Å². The van der Waals surface area contributed by atoms with Gasteiger partial charge in [-0.3, -0.25) is 9.80 Å². The van der Waals surface area contributed by atoms with E-state index in [2.05, 4.69) is 28.8 Å². The lowest BCUT2D eigenvalue weighted by molar-refractivity contribution is -0.0127. The SMILES string of the molecule is CC(C)C1CN2CCCCC2CN1Cc1ccon1. The molecule has 2 unspecified atom stereocenters. The molecular formula is C15H25N3O. The molecule has 2 atom stereocenters. The maximum absolute atomic E-state index is 4.97. The molecule has 3 rings (SSSR count). The van der Waals surface area contributed by atoms with Gasteiger partial charge in [0.2, 0.25) is 0 Å². The minimum atomic E-state index is 0.644. The molecule has 2 fully saturated rings. The van der Waals surface area contributed by atoms with Crippen LogP contribution < -0.4 is 0 Å². The van der Waals surface area contributed by atoms with E-state index in [1.807, 2.05) is 6.07 Å². The highest BCUT2D eigenvalue weighted by atomic mass is 16.5. The van der Waals surface area contributed by atoms with Crippen molar-refractivity contribution in [1.82, 2.24) is 15.0 Å². The van der Waals surface area contributed by atoms with Crippen molar-refractivity contribution in [2.45, 2.75) is 51.7 Å². The highest BCUT2D eigenvalue weighted by Gasteiger charge is 2.36. The van der Waals surface area contributed by atoms with E-state index in [1.165, 1.54) is 38.9 Å². The van der Waals surface area contributed by atoms with Crippen LogP contribution in [0.15, 0.2) is 16.9 Å². The summed E-state index contributed by atoms with van der Waals surface area (Å²) < 4.78 is 4.97. The smallest absolute Gasteiger partial charge is 0.124 e. The zero-order chi connectivity index (χ0) is 13.2. The largest absolute Gasteiger partial charge is 0.364 e. The van der Waals surface area contributed by atoms with Crippen LogP contribution in [0.1, 0.15) is 38.8 Å². The van der Waals surface area contributed by atoms with Crippen LogP contribution in [0.2, 0.25) is 0 Å². The second-order valence-corrected chi connectivity index (χ2v) is 6.38. The van der Waals surface area contributed by atoms with E-state index in [0.717, 1.165) is 18.3 Å². The molecular weight excluding hydrogens is 238 g/mol. The summed E-state index contributed by atoms with van der Waals surface area (Å²) in [5.74, 6) is 0.690. The summed E-state index contributed by atoms with van der Waals surface area (Å²) in [5.41, 5.74) is 1.06. The van der Waals surface area contributed by atoms with Crippen molar-refractivity contribution >= 4 is 0 Å². The van der Waals surface area contributed by atoms with Crippen molar-refractivity contribution in [3.8, 4) is 0 Å². The number of hydrogen-bond acceptors (Lipinski definition) is 4. The third kappa shape index (κ3) is 2.84. The lowest BCUT2D eigenvalue weighted by atomic mass is 9.92. The standard InChI is InChI=1S/C15H25N3O/c1-12(2)15-11-17-7-4-3-5-14(17)10-18(15)9-13-6-8-19-16-13/h6,8,12,14-15H,3-5,7,9-11H2,1-2H3. The molecule has 0 radical (unpaired) electrons. The fourth-order valence-electron chi connectivity index (χ4n) is 3.61. The fraction of sp³-hybridized carbons (Fsp3) is 0.800. The zero-order valence-electron chi connectivity index (χ0n) is 12.1. The third-order valence-electron chi connectivity index (χ3n) is 4.71. The highest BCUT2D eigenvalue weighted by Crippen LogP contribution is 2.27. The summed E-state index contributed by atoms with van der Waals surface area (Å²) in [6, 6.07) is 3.40. The average Bonchev–Trinajstić information content (AvgIpc) is 2.90. The molecule has 1 aromatic rings. The summed E-state index contributed by atoms with van der Waals surface area (Å²) in [6.07, 6.45) is 5.81. The molecule has 0 aliphatic carbocycles. The van der Waals surface area contributed by atoms with Gasteiger partial charge in [-0.05, 0) is 25.3 Å². The third-order valence-corrected chi connectivity index (χ3v) is 4.71. The summed E-state index contributed by atoms with van der Waals surface area (Å²) in [6.45, 7) is 9.32. The van der Waals surface area contributed by atoms with Gasteiger partial charge in [-0.25, -0.2) is 0 Å². The van der Waals surface area contributed by atoms with Gasteiger partial charge in [-0.15, -0.1) is 0 Å². The van der Waals surface area contributed by atoms with E-state index < -0.39 is 0 Å². The second kappa shape index (κ2) is 5.63. The number of rotatable bonds is 3. The highest BCUT2D eigenvalue weighted by molar-refractivity contribution is 4.99. The maximum Gasteiger partial charge on any atom is 0.124 e.